The molecule has 0 radical (unpaired) electrons. The van der Waals surface area contributed by atoms with E-state index in [1.54, 1.807) is 33.0 Å². The molecule has 0 saturated heterocycles. The molecule has 2 aromatic rings. The van der Waals surface area contributed by atoms with Crippen LogP contribution in [0.3, 0.4) is 0 Å². The first-order chi connectivity index (χ1) is 12.2. The van der Waals surface area contributed by atoms with E-state index in [1.165, 1.54) is 15.3 Å². The van der Waals surface area contributed by atoms with Crippen LogP contribution in [0, 0.1) is 13.8 Å². The summed E-state index contributed by atoms with van der Waals surface area (Å²) in [6.45, 7) is 8.17. The van der Waals surface area contributed by atoms with E-state index < -0.39 is 10.0 Å². The van der Waals surface area contributed by atoms with E-state index in [2.05, 4.69) is 0 Å². The molecule has 0 unspecified atom stereocenters. The van der Waals surface area contributed by atoms with Gasteiger partial charge in [0, 0.05) is 31.4 Å². The highest BCUT2D eigenvalue weighted by atomic mass is 32.2. The van der Waals surface area contributed by atoms with Crippen LogP contribution in [-0.4, -0.2) is 38.8 Å². The molecule has 1 amide bonds. The van der Waals surface area contributed by atoms with Gasteiger partial charge in [-0.1, -0.05) is 37.6 Å². The van der Waals surface area contributed by atoms with Crippen molar-refractivity contribution in [2.45, 2.75) is 32.6 Å². The van der Waals surface area contributed by atoms with Crippen LogP contribution >= 0.6 is 0 Å². The van der Waals surface area contributed by atoms with Gasteiger partial charge in [-0.15, -0.1) is 0 Å². The molecular formula is C20H26N2O3S. The fraction of sp³-hybridized carbons (Fsp3) is 0.350. The van der Waals surface area contributed by atoms with Crippen LogP contribution in [0.1, 0.15) is 35.3 Å². The van der Waals surface area contributed by atoms with E-state index in [0.717, 1.165) is 16.8 Å². The lowest BCUT2D eigenvalue weighted by atomic mass is 10.1. The van der Waals surface area contributed by atoms with Crippen LogP contribution in [0.5, 0.6) is 0 Å². The Hall–Kier alpha value is -2.18. The average molecular weight is 375 g/mol. The molecule has 0 bridgehead atoms. The van der Waals surface area contributed by atoms with E-state index in [4.69, 9.17) is 0 Å². The van der Waals surface area contributed by atoms with Crippen LogP contribution in [-0.2, 0) is 10.0 Å². The molecule has 140 valence electrons. The molecule has 0 fully saturated rings. The van der Waals surface area contributed by atoms with E-state index in [-0.39, 0.29) is 10.8 Å². The molecular weight excluding hydrogens is 348 g/mol. The molecule has 0 N–H and O–H groups in total. The number of amides is 1. The number of rotatable bonds is 6. The topological polar surface area (TPSA) is 57.7 Å². The van der Waals surface area contributed by atoms with Crippen molar-refractivity contribution >= 4 is 21.6 Å². The predicted molar refractivity (Wildman–Crippen MR) is 105 cm³/mol. The van der Waals surface area contributed by atoms with Crippen molar-refractivity contribution in [3.63, 3.8) is 0 Å². The third kappa shape index (κ3) is 3.97. The zero-order valence-electron chi connectivity index (χ0n) is 16.0. The third-order valence-corrected chi connectivity index (χ3v) is 6.55. The Balaban J connectivity index is 2.43. The minimum atomic E-state index is -3.61. The second-order valence-electron chi connectivity index (χ2n) is 6.27. The Bertz CT molecular complexity index is 886. The maximum absolute atomic E-state index is 13.0. The molecule has 2 rings (SSSR count). The monoisotopic (exact) mass is 374 g/mol. The number of carbonyl (C=O) groups is 1. The van der Waals surface area contributed by atoms with Gasteiger partial charge in [0.05, 0.1) is 4.90 Å². The Morgan fingerprint density at radius 2 is 1.54 bits per heavy atom. The maximum atomic E-state index is 13.0. The van der Waals surface area contributed by atoms with Crippen LogP contribution in [0.4, 0.5) is 5.69 Å². The van der Waals surface area contributed by atoms with Crippen LogP contribution in [0.25, 0.3) is 0 Å². The van der Waals surface area contributed by atoms with Crippen molar-refractivity contribution in [2.24, 2.45) is 0 Å². The standard InChI is InChI=1S/C20H26N2O3S/c1-6-22(7-2)26(24,25)18-13-10-16(4)19(14-18)20(23)21(5)17-11-8-15(3)9-12-17/h8-14H,6-7H2,1-5H3. The average Bonchev–Trinajstić information content (AvgIpc) is 2.62. The van der Waals surface area contributed by atoms with E-state index in [0.29, 0.717) is 18.7 Å². The Morgan fingerprint density at radius 1 is 0.962 bits per heavy atom. The zero-order valence-corrected chi connectivity index (χ0v) is 16.8. The summed E-state index contributed by atoms with van der Waals surface area (Å²) in [6.07, 6.45) is 0. The number of sulfonamides is 1. The van der Waals surface area contributed by atoms with Crippen molar-refractivity contribution < 1.29 is 13.2 Å². The molecule has 0 aliphatic carbocycles. The van der Waals surface area contributed by atoms with Gasteiger partial charge in [-0.05, 0) is 43.7 Å². The number of nitrogens with zero attached hydrogens (tertiary/aromatic N) is 2. The minimum absolute atomic E-state index is 0.146. The highest BCUT2D eigenvalue weighted by Gasteiger charge is 2.24. The number of carbonyl (C=O) groups excluding carboxylic acids is 1. The van der Waals surface area contributed by atoms with Gasteiger partial charge in [0.25, 0.3) is 5.91 Å². The largest absolute Gasteiger partial charge is 0.311 e. The van der Waals surface area contributed by atoms with Gasteiger partial charge in [-0.3, -0.25) is 4.79 Å². The minimum Gasteiger partial charge on any atom is -0.311 e. The van der Waals surface area contributed by atoms with Gasteiger partial charge in [0.2, 0.25) is 10.0 Å². The summed E-state index contributed by atoms with van der Waals surface area (Å²) in [4.78, 5) is 14.6. The van der Waals surface area contributed by atoms with Gasteiger partial charge in [0.15, 0.2) is 0 Å². The molecule has 5 nitrogen and oxygen atoms in total. The number of anilines is 1. The molecule has 6 heteroatoms. The summed E-state index contributed by atoms with van der Waals surface area (Å²) >= 11 is 0. The first-order valence-corrected chi connectivity index (χ1v) is 10.1. The summed E-state index contributed by atoms with van der Waals surface area (Å²) < 4.78 is 26.9. The smallest absolute Gasteiger partial charge is 0.258 e. The van der Waals surface area contributed by atoms with Crippen molar-refractivity contribution in [3.05, 3.63) is 59.2 Å². The van der Waals surface area contributed by atoms with Gasteiger partial charge in [-0.25, -0.2) is 8.42 Å². The lowest BCUT2D eigenvalue weighted by Crippen LogP contribution is -2.31. The number of aryl methyl sites for hydroxylation is 2. The lowest BCUT2D eigenvalue weighted by Gasteiger charge is -2.21. The van der Waals surface area contributed by atoms with Gasteiger partial charge >= 0.3 is 0 Å². The molecule has 0 spiro atoms. The summed E-state index contributed by atoms with van der Waals surface area (Å²) in [5.41, 5.74) is 3.00. The Morgan fingerprint density at radius 3 is 2.08 bits per heavy atom. The summed E-state index contributed by atoms with van der Waals surface area (Å²) in [5.74, 6) is -0.233. The van der Waals surface area contributed by atoms with Gasteiger partial charge in [-0.2, -0.15) is 4.31 Å². The molecule has 0 heterocycles. The number of hydrogen-bond donors (Lipinski definition) is 0. The first kappa shape index (κ1) is 20.1. The summed E-state index contributed by atoms with van der Waals surface area (Å²) in [6, 6.07) is 12.4. The molecule has 0 atom stereocenters. The fourth-order valence-corrected chi connectivity index (χ4v) is 4.26. The molecule has 26 heavy (non-hydrogen) atoms. The lowest BCUT2D eigenvalue weighted by molar-refractivity contribution is 0.0992. The maximum Gasteiger partial charge on any atom is 0.258 e. The number of hydrogen-bond acceptors (Lipinski definition) is 3. The molecule has 0 saturated carbocycles. The van der Waals surface area contributed by atoms with E-state index in [9.17, 15) is 13.2 Å². The Kier molecular flexibility index (Phi) is 6.21. The van der Waals surface area contributed by atoms with E-state index >= 15 is 0 Å². The molecule has 0 aromatic heterocycles. The van der Waals surface area contributed by atoms with Crippen LogP contribution in [0.2, 0.25) is 0 Å². The van der Waals surface area contributed by atoms with Crippen molar-refractivity contribution in [1.29, 1.82) is 0 Å². The Labute approximate surface area is 156 Å². The predicted octanol–water partition coefficient (Wildman–Crippen LogP) is 3.61. The summed E-state index contributed by atoms with van der Waals surface area (Å²) in [5, 5.41) is 0. The highest BCUT2D eigenvalue weighted by Crippen LogP contribution is 2.23. The first-order valence-electron chi connectivity index (χ1n) is 8.67. The van der Waals surface area contributed by atoms with Crippen molar-refractivity contribution in [1.82, 2.24) is 4.31 Å². The van der Waals surface area contributed by atoms with Crippen LogP contribution < -0.4 is 4.90 Å². The fourth-order valence-electron chi connectivity index (χ4n) is 2.77. The third-order valence-electron chi connectivity index (χ3n) is 4.51. The van der Waals surface area contributed by atoms with Crippen molar-refractivity contribution in [3.8, 4) is 0 Å². The van der Waals surface area contributed by atoms with Gasteiger partial charge < -0.3 is 4.90 Å². The van der Waals surface area contributed by atoms with Crippen molar-refractivity contribution in [2.75, 3.05) is 25.0 Å². The molecule has 0 aliphatic heterocycles. The van der Waals surface area contributed by atoms with E-state index in [1.807, 2.05) is 38.1 Å². The van der Waals surface area contributed by atoms with Gasteiger partial charge in [0.1, 0.15) is 0 Å². The molecule has 2 aromatic carbocycles. The number of benzene rings is 2. The summed E-state index contributed by atoms with van der Waals surface area (Å²) in [7, 11) is -1.91. The molecule has 0 aliphatic rings. The normalized spacial score (nSPS) is 11.6. The SMILES string of the molecule is CCN(CC)S(=O)(=O)c1ccc(C)c(C(=O)N(C)c2ccc(C)cc2)c1. The second kappa shape index (κ2) is 8.01. The van der Waals surface area contributed by atoms with Crippen LogP contribution in [0.15, 0.2) is 47.4 Å². The highest BCUT2D eigenvalue weighted by molar-refractivity contribution is 7.89. The quantitative estimate of drug-likeness (QED) is 0.776. The zero-order chi connectivity index (χ0) is 19.5. The second-order valence-corrected chi connectivity index (χ2v) is 8.20.